The molecule has 0 radical (unpaired) electrons. The van der Waals surface area contributed by atoms with E-state index in [-0.39, 0.29) is 17.9 Å². The number of benzene rings is 1. The fraction of sp³-hybridized carbons (Fsp3) is 0.588. The third-order valence-electron chi connectivity index (χ3n) is 4.10. The van der Waals surface area contributed by atoms with Crippen molar-refractivity contribution >= 4 is 17.7 Å². The molecule has 1 fully saturated rings. The highest BCUT2D eigenvalue weighted by atomic mass is 32.2. The zero-order valence-electron chi connectivity index (χ0n) is 12.9. The molecule has 4 heteroatoms. The summed E-state index contributed by atoms with van der Waals surface area (Å²) in [6, 6.07) is 7.96. The molecule has 1 aromatic carbocycles. The molecular weight excluding hydrogens is 282 g/mol. The number of hydrogen-bond acceptors (Lipinski definition) is 3. The van der Waals surface area contributed by atoms with Gasteiger partial charge in [-0.3, -0.25) is 4.79 Å². The van der Waals surface area contributed by atoms with Gasteiger partial charge in [0.1, 0.15) is 0 Å². The van der Waals surface area contributed by atoms with Crippen LogP contribution in [0.25, 0.3) is 0 Å². The van der Waals surface area contributed by atoms with Crippen molar-refractivity contribution < 1.29 is 9.90 Å². The molecule has 3 nitrogen and oxygen atoms in total. The number of hydrogen-bond donors (Lipinski definition) is 1. The van der Waals surface area contributed by atoms with Crippen LogP contribution in [0.1, 0.15) is 42.6 Å². The first-order valence-electron chi connectivity index (χ1n) is 7.75. The Morgan fingerprint density at radius 2 is 2.14 bits per heavy atom. The van der Waals surface area contributed by atoms with Crippen LogP contribution in [-0.2, 0) is 5.75 Å². The number of rotatable bonds is 5. The minimum Gasteiger partial charge on any atom is -0.393 e. The molecular formula is C17H25NO2S. The quantitative estimate of drug-likeness (QED) is 0.908. The Hall–Kier alpha value is -1.00. The first-order chi connectivity index (χ1) is 10.1. The molecule has 116 valence electrons. The number of carbonyl (C=O) groups excluding carboxylic acids is 1. The van der Waals surface area contributed by atoms with Crippen LogP contribution in [-0.4, -0.2) is 40.9 Å². The van der Waals surface area contributed by atoms with Crippen molar-refractivity contribution in [1.29, 1.82) is 0 Å². The lowest BCUT2D eigenvalue weighted by molar-refractivity contribution is 0.0466. The number of piperidine rings is 1. The summed E-state index contributed by atoms with van der Waals surface area (Å²) in [6.07, 6.45) is 1.65. The van der Waals surface area contributed by atoms with E-state index in [1.807, 2.05) is 47.9 Å². The number of likely N-dealkylation sites (tertiary alicyclic amines) is 1. The zero-order valence-corrected chi connectivity index (χ0v) is 13.7. The van der Waals surface area contributed by atoms with Crippen molar-refractivity contribution in [3.8, 4) is 0 Å². The molecule has 1 aliphatic heterocycles. The Morgan fingerprint density at radius 1 is 1.43 bits per heavy atom. The summed E-state index contributed by atoms with van der Waals surface area (Å²) in [5, 5.41) is 9.73. The van der Waals surface area contributed by atoms with E-state index >= 15 is 0 Å². The number of aliphatic hydroxyl groups excluding tert-OH is 1. The summed E-state index contributed by atoms with van der Waals surface area (Å²) < 4.78 is 0. The van der Waals surface area contributed by atoms with Gasteiger partial charge in [-0.25, -0.2) is 0 Å². The van der Waals surface area contributed by atoms with E-state index < -0.39 is 0 Å². The average molecular weight is 307 g/mol. The van der Waals surface area contributed by atoms with Crippen LogP contribution in [0, 0.1) is 5.92 Å². The van der Waals surface area contributed by atoms with Gasteiger partial charge < -0.3 is 10.0 Å². The monoisotopic (exact) mass is 307 g/mol. The molecule has 2 atom stereocenters. The highest BCUT2D eigenvalue weighted by Crippen LogP contribution is 2.22. The van der Waals surface area contributed by atoms with Crippen LogP contribution < -0.4 is 0 Å². The molecule has 0 saturated carbocycles. The lowest BCUT2D eigenvalue weighted by atomic mass is 9.93. The molecule has 1 N–H and O–H groups in total. The Kier molecular flexibility index (Phi) is 6.12. The van der Waals surface area contributed by atoms with E-state index in [2.05, 4.69) is 6.92 Å². The van der Waals surface area contributed by atoms with Crippen LogP contribution >= 0.6 is 11.8 Å². The predicted octanol–water partition coefficient (Wildman–Crippen LogP) is 3.17. The Morgan fingerprint density at radius 3 is 2.76 bits per heavy atom. The smallest absolute Gasteiger partial charge is 0.253 e. The third kappa shape index (κ3) is 4.48. The van der Waals surface area contributed by atoms with Crippen molar-refractivity contribution in [2.75, 3.05) is 18.8 Å². The maximum absolute atomic E-state index is 12.5. The van der Waals surface area contributed by atoms with Crippen molar-refractivity contribution in [3.05, 3.63) is 35.4 Å². The van der Waals surface area contributed by atoms with Crippen molar-refractivity contribution in [2.24, 2.45) is 5.92 Å². The van der Waals surface area contributed by atoms with Crippen molar-refractivity contribution in [3.63, 3.8) is 0 Å². The standard InChI is InChI=1S/C17H25NO2S/c1-3-21-12-14-6-8-15(9-7-14)17(20)18-10-4-5-16(11-18)13(2)19/h6-9,13,16,19H,3-5,10-12H2,1-2H3. The normalized spacial score (nSPS) is 20.3. The number of nitrogens with zero attached hydrogens (tertiary/aromatic N) is 1. The highest BCUT2D eigenvalue weighted by molar-refractivity contribution is 7.98. The lowest BCUT2D eigenvalue weighted by Gasteiger charge is -2.34. The van der Waals surface area contributed by atoms with E-state index in [1.54, 1.807) is 0 Å². The van der Waals surface area contributed by atoms with Gasteiger partial charge in [0.05, 0.1) is 6.10 Å². The molecule has 1 heterocycles. The fourth-order valence-electron chi connectivity index (χ4n) is 2.73. The lowest BCUT2D eigenvalue weighted by Crippen LogP contribution is -2.42. The summed E-state index contributed by atoms with van der Waals surface area (Å²) >= 11 is 1.88. The van der Waals surface area contributed by atoms with Crippen LogP contribution in [0.15, 0.2) is 24.3 Å². The number of carbonyl (C=O) groups is 1. The van der Waals surface area contributed by atoms with E-state index in [1.165, 1.54) is 5.56 Å². The maximum Gasteiger partial charge on any atom is 0.253 e. The Balaban J connectivity index is 1.99. The van der Waals surface area contributed by atoms with Crippen molar-refractivity contribution in [2.45, 2.75) is 38.5 Å². The second-order valence-corrected chi connectivity index (χ2v) is 7.00. The van der Waals surface area contributed by atoms with Crippen LogP contribution in [0.5, 0.6) is 0 Å². The Bertz CT molecular complexity index is 458. The topological polar surface area (TPSA) is 40.5 Å². The van der Waals surface area contributed by atoms with E-state index in [9.17, 15) is 9.90 Å². The van der Waals surface area contributed by atoms with E-state index in [0.29, 0.717) is 6.54 Å². The maximum atomic E-state index is 12.5. The molecule has 2 unspecified atom stereocenters. The average Bonchev–Trinajstić information content (AvgIpc) is 2.53. The molecule has 2 rings (SSSR count). The molecule has 1 amide bonds. The van der Waals surface area contributed by atoms with Crippen LogP contribution in [0.2, 0.25) is 0 Å². The second kappa shape index (κ2) is 7.85. The molecule has 1 saturated heterocycles. The molecule has 0 aromatic heterocycles. The van der Waals surface area contributed by atoms with Gasteiger partial charge in [-0.05, 0) is 43.2 Å². The summed E-state index contributed by atoms with van der Waals surface area (Å²) in [5.74, 6) is 2.41. The predicted molar refractivity (Wildman–Crippen MR) is 88.6 cm³/mol. The van der Waals surface area contributed by atoms with Gasteiger partial charge >= 0.3 is 0 Å². The fourth-order valence-corrected chi connectivity index (χ4v) is 3.37. The molecule has 1 aliphatic rings. The number of thioether (sulfide) groups is 1. The minimum atomic E-state index is -0.339. The molecule has 21 heavy (non-hydrogen) atoms. The van der Waals surface area contributed by atoms with Crippen LogP contribution in [0.3, 0.4) is 0 Å². The molecule has 0 bridgehead atoms. The molecule has 1 aromatic rings. The van der Waals surface area contributed by atoms with Gasteiger partial charge in [-0.1, -0.05) is 19.1 Å². The molecule has 0 spiro atoms. The Labute approximate surface area is 131 Å². The second-order valence-electron chi connectivity index (χ2n) is 5.73. The summed E-state index contributed by atoms with van der Waals surface area (Å²) in [7, 11) is 0. The van der Waals surface area contributed by atoms with Gasteiger partial charge in [0.15, 0.2) is 0 Å². The largest absolute Gasteiger partial charge is 0.393 e. The summed E-state index contributed by atoms with van der Waals surface area (Å²) in [6.45, 7) is 5.44. The first-order valence-corrected chi connectivity index (χ1v) is 8.91. The zero-order chi connectivity index (χ0) is 15.2. The number of aliphatic hydroxyl groups is 1. The van der Waals surface area contributed by atoms with Gasteiger partial charge in [0.25, 0.3) is 5.91 Å². The van der Waals surface area contributed by atoms with E-state index in [0.717, 1.165) is 36.5 Å². The van der Waals surface area contributed by atoms with Gasteiger partial charge in [0.2, 0.25) is 0 Å². The van der Waals surface area contributed by atoms with E-state index in [4.69, 9.17) is 0 Å². The van der Waals surface area contributed by atoms with Gasteiger partial charge in [0, 0.05) is 30.3 Å². The summed E-state index contributed by atoms with van der Waals surface area (Å²) in [5.41, 5.74) is 2.02. The van der Waals surface area contributed by atoms with Crippen molar-refractivity contribution in [1.82, 2.24) is 4.90 Å². The van der Waals surface area contributed by atoms with Gasteiger partial charge in [-0.2, -0.15) is 11.8 Å². The summed E-state index contributed by atoms with van der Waals surface area (Å²) in [4.78, 5) is 14.4. The first kappa shape index (κ1) is 16.4. The molecule has 0 aliphatic carbocycles. The minimum absolute atomic E-state index is 0.0926. The SMILES string of the molecule is CCSCc1ccc(C(=O)N2CCCC(C(C)O)C2)cc1. The highest BCUT2D eigenvalue weighted by Gasteiger charge is 2.26. The number of amides is 1. The van der Waals surface area contributed by atoms with Crippen LogP contribution in [0.4, 0.5) is 0 Å². The third-order valence-corrected chi connectivity index (χ3v) is 5.05. The van der Waals surface area contributed by atoms with Gasteiger partial charge in [-0.15, -0.1) is 0 Å².